The third-order valence-electron chi connectivity index (χ3n) is 3.67. The fourth-order valence-electron chi connectivity index (χ4n) is 2.55. The van der Waals surface area contributed by atoms with Crippen LogP contribution < -0.4 is 0 Å². The lowest BCUT2D eigenvalue weighted by molar-refractivity contribution is 0.190. The summed E-state index contributed by atoms with van der Waals surface area (Å²) in [6.45, 7) is 3.23. The van der Waals surface area contributed by atoms with Crippen molar-refractivity contribution in [2.45, 2.75) is 12.6 Å². The SMILES string of the molecule is CCOP(=O)(OCCN(C)C)C(c1ccccc1)c1ccccc1. The Balaban J connectivity index is 2.40. The van der Waals surface area contributed by atoms with Crippen molar-refractivity contribution in [2.75, 3.05) is 33.9 Å². The van der Waals surface area contributed by atoms with Gasteiger partial charge in [0.25, 0.3) is 0 Å². The van der Waals surface area contributed by atoms with Crippen LogP contribution in [0.4, 0.5) is 0 Å². The first-order valence-electron chi connectivity index (χ1n) is 8.20. The molecule has 0 radical (unpaired) electrons. The predicted molar refractivity (Wildman–Crippen MR) is 98.5 cm³/mol. The highest BCUT2D eigenvalue weighted by Gasteiger charge is 2.38. The molecular formula is C19H26NO3P. The first kappa shape index (κ1) is 18.9. The lowest BCUT2D eigenvalue weighted by Gasteiger charge is -2.28. The molecule has 0 aromatic heterocycles. The molecule has 0 aliphatic rings. The van der Waals surface area contributed by atoms with Crippen molar-refractivity contribution in [3.05, 3.63) is 71.8 Å². The van der Waals surface area contributed by atoms with Gasteiger partial charge in [0.1, 0.15) is 5.66 Å². The van der Waals surface area contributed by atoms with E-state index < -0.39 is 13.3 Å². The molecule has 0 N–H and O–H groups in total. The van der Waals surface area contributed by atoms with Crippen molar-refractivity contribution in [3.8, 4) is 0 Å². The van der Waals surface area contributed by atoms with Gasteiger partial charge in [0.15, 0.2) is 0 Å². The molecule has 0 heterocycles. The summed E-state index contributed by atoms with van der Waals surface area (Å²) in [7, 11) is 0.562. The van der Waals surface area contributed by atoms with Crippen LogP contribution in [0.3, 0.4) is 0 Å². The van der Waals surface area contributed by atoms with Gasteiger partial charge in [-0.15, -0.1) is 0 Å². The zero-order chi connectivity index (χ0) is 17.4. The molecule has 2 aromatic rings. The quantitative estimate of drug-likeness (QED) is 0.622. The van der Waals surface area contributed by atoms with Crippen molar-refractivity contribution in [3.63, 3.8) is 0 Å². The van der Waals surface area contributed by atoms with E-state index in [1.54, 1.807) is 0 Å². The normalized spacial score (nSPS) is 14.0. The minimum Gasteiger partial charge on any atom is -0.308 e. The van der Waals surface area contributed by atoms with Crippen molar-refractivity contribution in [2.24, 2.45) is 0 Å². The average molecular weight is 347 g/mol. The molecule has 4 nitrogen and oxygen atoms in total. The monoisotopic (exact) mass is 347 g/mol. The summed E-state index contributed by atoms with van der Waals surface area (Å²) in [6, 6.07) is 19.6. The average Bonchev–Trinajstić information content (AvgIpc) is 2.57. The molecule has 1 unspecified atom stereocenters. The maximum Gasteiger partial charge on any atom is 0.342 e. The second-order valence-corrected chi connectivity index (χ2v) is 7.93. The minimum absolute atomic E-state index is 0.343. The van der Waals surface area contributed by atoms with Gasteiger partial charge in [-0.05, 0) is 32.1 Å². The molecule has 2 rings (SSSR count). The van der Waals surface area contributed by atoms with Crippen LogP contribution in [0.1, 0.15) is 23.7 Å². The van der Waals surface area contributed by atoms with Gasteiger partial charge in [0.05, 0.1) is 13.2 Å². The molecule has 0 bridgehead atoms. The van der Waals surface area contributed by atoms with Gasteiger partial charge in [-0.2, -0.15) is 0 Å². The smallest absolute Gasteiger partial charge is 0.308 e. The van der Waals surface area contributed by atoms with Gasteiger partial charge in [-0.25, -0.2) is 0 Å². The number of likely N-dealkylation sites (N-methyl/N-ethyl adjacent to an activating group) is 1. The Kier molecular flexibility index (Phi) is 7.19. The molecule has 0 saturated heterocycles. The number of benzene rings is 2. The maximum atomic E-state index is 13.6. The molecule has 0 spiro atoms. The Bertz CT molecular complexity index is 607. The number of hydrogen-bond acceptors (Lipinski definition) is 4. The summed E-state index contributed by atoms with van der Waals surface area (Å²) >= 11 is 0. The van der Waals surface area contributed by atoms with E-state index in [-0.39, 0.29) is 0 Å². The molecule has 1 atom stereocenters. The molecule has 0 aliphatic heterocycles. The molecule has 2 aromatic carbocycles. The van der Waals surface area contributed by atoms with Gasteiger partial charge in [-0.3, -0.25) is 4.57 Å². The lowest BCUT2D eigenvalue weighted by Crippen LogP contribution is -2.19. The Hall–Kier alpha value is -1.45. The molecule has 0 fully saturated rings. The van der Waals surface area contributed by atoms with E-state index in [2.05, 4.69) is 0 Å². The standard InChI is InChI=1S/C19H26NO3P/c1-4-22-24(21,23-16-15-20(2)3)19(17-11-7-5-8-12-17)18-13-9-6-10-14-18/h5-14,19H,4,15-16H2,1-3H3. The van der Waals surface area contributed by atoms with Crippen molar-refractivity contribution >= 4 is 7.60 Å². The van der Waals surface area contributed by atoms with Crippen molar-refractivity contribution in [1.29, 1.82) is 0 Å². The van der Waals surface area contributed by atoms with Gasteiger partial charge in [-0.1, -0.05) is 60.7 Å². The van der Waals surface area contributed by atoms with Crippen LogP contribution in [0.25, 0.3) is 0 Å². The van der Waals surface area contributed by atoms with Gasteiger partial charge in [0, 0.05) is 6.54 Å². The van der Waals surface area contributed by atoms with E-state index in [1.807, 2.05) is 86.6 Å². The van der Waals surface area contributed by atoms with E-state index >= 15 is 0 Å². The van der Waals surface area contributed by atoms with Crippen molar-refractivity contribution < 1.29 is 13.6 Å². The summed E-state index contributed by atoms with van der Waals surface area (Å²) < 4.78 is 25.2. The van der Waals surface area contributed by atoms with Crippen LogP contribution in [-0.4, -0.2) is 38.8 Å². The number of hydrogen-bond donors (Lipinski definition) is 0. The molecule has 24 heavy (non-hydrogen) atoms. The van der Waals surface area contributed by atoms with E-state index in [9.17, 15) is 4.57 Å². The summed E-state index contributed by atoms with van der Waals surface area (Å²) in [5.41, 5.74) is 1.44. The highest BCUT2D eigenvalue weighted by molar-refractivity contribution is 7.54. The van der Waals surface area contributed by atoms with Crippen LogP contribution in [0.5, 0.6) is 0 Å². The minimum atomic E-state index is -3.36. The molecule has 0 saturated carbocycles. The third-order valence-corrected chi connectivity index (χ3v) is 6.05. The summed E-state index contributed by atoms with van der Waals surface area (Å²) in [5.74, 6) is 0. The highest BCUT2D eigenvalue weighted by Crippen LogP contribution is 2.63. The fourth-order valence-corrected chi connectivity index (χ4v) is 4.69. The first-order chi connectivity index (χ1) is 11.6. The van der Waals surface area contributed by atoms with E-state index in [0.717, 1.165) is 11.1 Å². The van der Waals surface area contributed by atoms with Gasteiger partial charge in [0.2, 0.25) is 0 Å². The highest BCUT2D eigenvalue weighted by atomic mass is 31.2. The molecule has 130 valence electrons. The Morgan fingerprint density at radius 2 is 1.42 bits per heavy atom. The summed E-state index contributed by atoms with van der Waals surface area (Å²) in [5, 5.41) is 0. The molecular weight excluding hydrogens is 321 g/mol. The van der Waals surface area contributed by atoms with Crippen LogP contribution in [-0.2, 0) is 13.6 Å². The van der Waals surface area contributed by atoms with Crippen LogP contribution in [0.15, 0.2) is 60.7 Å². The van der Waals surface area contributed by atoms with E-state index in [1.165, 1.54) is 0 Å². The number of rotatable bonds is 9. The summed E-state index contributed by atoms with van der Waals surface area (Å²) in [4.78, 5) is 2.00. The van der Waals surface area contributed by atoms with Crippen LogP contribution in [0, 0.1) is 0 Å². The van der Waals surface area contributed by atoms with Crippen LogP contribution in [0.2, 0.25) is 0 Å². The zero-order valence-electron chi connectivity index (χ0n) is 14.6. The Labute approximate surface area is 144 Å². The van der Waals surface area contributed by atoms with Gasteiger partial charge < -0.3 is 13.9 Å². The van der Waals surface area contributed by atoms with Gasteiger partial charge >= 0.3 is 7.60 Å². The second kappa shape index (κ2) is 9.14. The predicted octanol–water partition coefficient (Wildman–Crippen LogP) is 4.58. The molecule has 0 aliphatic carbocycles. The summed E-state index contributed by atoms with van der Waals surface area (Å²) in [6.07, 6.45) is 0. The first-order valence-corrected chi connectivity index (χ1v) is 9.81. The second-order valence-electron chi connectivity index (χ2n) is 5.82. The Morgan fingerprint density at radius 3 is 1.83 bits per heavy atom. The third kappa shape index (κ3) is 5.02. The maximum absolute atomic E-state index is 13.6. The fraction of sp³-hybridized carbons (Fsp3) is 0.368. The van der Waals surface area contributed by atoms with E-state index in [0.29, 0.717) is 19.8 Å². The van der Waals surface area contributed by atoms with E-state index in [4.69, 9.17) is 9.05 Å². The Morgan fingerprint density at radius 1 is 0.917 bits per heavy atom. The number of nitrogens with zero attached hydrogens (tertiary/aromatic N) is 1. The van der Waals surface area contributed by atoms with Crippen molar-refractivity contribution in [1.82, 2.24) is 4.90 Å². The zero-order valence-corrected chi connectivity index (χ0v) is 15.5. The molecule has 5 heteroatoms. The van der Waals surface area contributed by atoms with Crippen LogP contribution >= 0.6 is 7.60 Å². The topological polar surface area (TPSA) is 38.8 Å². The lowest BCUT2D eigenvalue weighted by atomic mass is 10.0. The molecule has 0 amide bonds. The largest absolute Gasteiger partial charge is 0.342 e.